The van der Waals surface area contributed by atoms with Gasteiger partial charge in [-0.2, -0.15) is 0 Å². The van der Waals surface area contributed by atoms with E-state index in [0.717, 1.165) is 6.61 Å². The molecule has 1 N–H and O–H groups in total. The van der Waals surface area contributed by atoms with Gasteiger partial charge in [-0.1, -0.05) is 6.92 Å². The Bertz CT molecular complexity index is 72.1. The third-order valence-electron chi connectivity index (χ3n) is 1.10. The average Bonchev–Trinajstić information content (AvgIpc) is 2.70. The third kappa shape index (κ3) is 14.4. The van der Waals surface area contributed by atoms with Gasteiger partial charge in [0.15, 0.2) is 0 Å². The molecule has 0 saturated carbocycles. The van der Waals surface area contributed by atoms with Crippen LogP contribution in [0.25, 0.3) is 0 Å². The summed E-state index contributed by atoms with van der Waals surface area (Å²) < 4.78 is 4.86. The van der Waals surface area contributed by atoms with E-state index in [4.69, 9.17) is 9.84 Å². The van der Waals surface area contributed by atoms with Crippen molar-refractivity contribution in [1.29, 1.82) is 0 Å². The minimum Gasteiger partial charge on any atom is -0.853 e. The number of aliphatic hydroxyl groups is 1. The summed E-state index contributed by atoms with van der Waals surface area (Å²) in [5.74, 6) is 0. The molecule has 2 unspecified atom stereocenters. The molecule has 0 aliphatic carbocycles. The third-order valence-corrected chi connectivity index (χ3v) is 1.10. The molecule has 1 rings (SSSR count). The zero-order valence-electron chi connectivity index (χ0n) is 7.54. The first kappa shape index (κ1) is 15.0. The van der Waals surface area contributed by atoms with E-state index in [0.29, 0.717) is 6.10 Å². The second-order valence-corrected chi connectivity index (χ2v) is 2.38. The number of hydrogen-bond acceptors (Lipinski definition) is 3. The van der Waals surface area contributed by atoms with Crippen LogP contribution in [0.3, 0.4) is 0 Å². The fraction of sp³-hybridized carbons (Fsp3) is 1.00. The van der Waals surface area contributed by atoms with Crippen molar-refractivity contribution < 1.29 is 66.3 Å². The maximum atomic E-state index is 9.38. The van der Waals surface area contributed by atoms with Gasteiger partial charge in [-0.3, -0.25) is 0 Å². The SMILES string of the molecule is CC(O)C[O-].CCC1CO1.[K+]. The van der Waals surface area contributed by atoms with Gasteiger partial charge in [-0.15, -0.1) is 6.61 Å². The van der Waals surface area contributed by atoms with Crippen molar-refractivity contribution in [3.05, 3.63) is 0 Å². The minimum atomic E-state index is -0.671. The molecule has 0 aromatic carbocycles. The van der Waals surface area contributed by atoms with Gasteiger partial charge < -0.3 is 14.9 Å². The molecule has 11 heavy (non-hydrogen) atoms. The first-order valence-corrected chi connectivity index (χ1v) is 3.58. The van der Waals surface area contributed by atoms with E-state index in [2.05, 4.69) is 6.92 Å². The van der Waals surface area contributed by atoms with Crippen LogP contribution in [-0.2, 0) is 4.74 Å². The number of hydrogen-bond donors (Lipinski definition) is 1. The topological polar surface area (TPSA) is 55.8 Å². The second kappa shape index (κ2) is 9.60. The van der Waals surface area contributed by atoms with E-state index in [1.165, 1.54) is 13.3 Å². The summed E-state index contributed by atoms with van der Waals surface area (Å²) in [6.07, 6.45) is 1.16. The van der Waals surface area contributed by atoms with E-state index in [1.807, 2.05) is 0 Å². The van der Waals surface area contributed by atoms with Crippen LogP contribution in [-0.4, -0.2) is 30.5 Å². The van der Waals surface area contributed by atoms with Crippen molar-refractivity contribution in [2.24, 2.45) is 0 Å². The molecular weight excluding hydrogens is 171 g/mol. The molecule has 0 spiro atoms. The summed E-state index contributed by atoms with van der Waals surface area (Å²) in [5.41, 5.74) is 0. The van der Waals surface area contributed by atoms with Crippen molar-refractivity contribution >= 4 is 0 Å². The smallest absolute Gasteiger partial charge is 0.853 e. The Balaban J connectivity index is 0. The van der Waals surface area contributed by atoms with Crippen LogP contribution in [0.2, 0.25) is 0 Å². The predicted molar refractivity (Wildman–Crippen MR) is 36.6 cm³/mol. The van der Waals surface area contributed by atoms with Gasteiger partial charge >= 0.3 is 51.4 Å². The quantitative estimate of drug-likeness (QED) is 0.360. The summed E-state index contributed by atoms with van der Waals surface area (Å²) in [7, 11) is 0. The van der Waals surface area contributed by atoms with Crippen LogP contribution in [0.1, 0.15) is 20.3 Å². The Hall–Kier alpha value is 1.52. The number of rotatable bonds is 2. The van der Waals surface area contributed by atoms with Crippen LogP contribution in [0.5, 0.6) is 0 Å². The van der Waals surface area contributed by atoms with E-state index in [9.17, 15) is 5.11 Å². The molecule has 4 heteroatoms. The molecule has 2 atom stereocenters. The largest absolute Gasteiger partial charge is 1.00 e. The summed E-state index contributed by atoms with van der Waals surface area (Å²) >= 11 is 0. The van der Waals surface area contributed by atoms with Crippen LogP contribution in [0, 0.1) is 0 Å². The zero-order valence-corrected chi connectivity index (χ0v) is 10.7. The fourth-order valence-electron chi connectivity index (χ4n) is 0.304. The molecule has 0 amide bonds. The van der Waals surface area contributed by atoms with Gasteiger partial charge in [0.05, 0.1) is 12.7 Å². The molecule has 3 nitrogen and oxygen atoms in total. The number of aliphatic hydroxyl groups excluding tert-OH is 1. The second-order valence-electron chi connectivity index (χ2n) is 2.38. The van der Waals surface area contributed by atoms with E-state index in [-0.39, 0.29) is 58.0 Å². The number of ether oxygens (including phenoxy) is 1. The molecule has 1 fully saturated rings. The van der Waals surface area contributed by atoms with Gasteiger partial charge in [0.25, 0.3) is 0 Å². The average molecular weight is 186 g/mol. The Morgan fingerprint density at radius 1 is 1.73 bits per heavy atom. The van der Waals surface area contributed by atoms with Crippen LogP contribution < -0.4 is 56.5 Å². The Kier molecular flexibility index (Phi) is 13.1. The monoisotopic (exact) mass is 186 g/mol. The molecular formula is C7H15KO3. The van der Waals surface area contributed by atoms with Crippen LogP contribution >= 0.6 is 0 Å². The Labute approximate surface area is 111 Å². The first-order valence-electron chi connectivity index (χ1n) is 3.58. The maximum absolute atomic E-state index is 9.38. The summed E-state index contributed by atoms with van der Waals surface area (Å²) in [5, 5.41) is 17.4. The van der Waals surface area contributed by atoms with Crippen molar-refractivity contribution in [2.45, 2.75) is 32.5 Å². The molecule has 0 aromatic heterocycles. The van der Waals surface area contributed by atoms with Gasteiger partial charge in [0.2, 0.25) is 0 Å². The normalized spacial score (nSPS) is 22.4. The molecule has 1 aliphatic heterocycles. The van der Waals surface area contributed by atoms with Gasteiger partial charge in [-0.25, -0.2) is 0 Å². The standard InChI is InChI=1S/C4H8O.C3H7O2.K/c1-2-4-3-5-4;1-3(5)2-4;/h4H,2-3H2,1H3;3,5H,2H2,1H3;/q;-1;+1. The van der Waals surface area contributed by atoms with Crippen molar-refractivity contribution in [2.75, 3.05) is 13.2 Å². The Morgan fingerprint density at radius 2 is 2.09 bits per heavy atom. The minimum absolute atomic E-state index is 0. The van der Waals surface area contributed by atoms with Crippen LogP contribution in [0.15, 0.2) is 0 Å². The van der Waals surface area contributed by atoms with Crippen molar-refractivity contribution in [1.82, 2.24) is 0 Å². The summed E-state index contributed by atoms with van der Waals surface area (Å²) in [6.45, 7) is 4.22. The molecule has 0 bridgehead atoms. The maximum Gasteiger partial charge on any atom is 1.00 e. The van der Waals surface area contributed by atoms with E-state index >= 15 is 0 Å². The fourth-order valence-corrected chi connectivity index (χ4v) is 0.304. The zero-order chi connectivity index (χ0) is 7.98. The van der Waals surface area contributed by atoms with Crippen LogP contribution in [0.4, 0.5) is 0 Å². The molecule has 1 saturated heterocycles. The van der Waals surface area contributed by atoms with Gasteiger partial charge in [0, 0.05) is 6.10 Å². The van der Waals surface area contributed by atoms with E-state index < -0.39 is 6.10 Å². The van der Waals surface area contributed by atoms with Gasteiger partial charge in [0.1, 0.15) is 0 Å². The predicted octanol–water partition coefficient (Wildman–Crippen LogP) is -3.47. The van der Waals surface area contributed by atoms with Gasteiger partial charge in [-0.05, 0) is 13.3 Å². The molecule has 1 heterocycles. The first-order chi connectivity index (χ1) is 4.70. The molecule has 1 aliphatic rings. The summed E-state index contributed by atoms with van der Waals surface area (Å²) in [6, 6.07) is 0. The van der Waals surface area contributed by atoms with Crippen molar-refractivity contribution in [3.63, 3.8) is 0 Å². The van der Waals surface area contributed by atoms with E-state index in [1.54, 1.807) is 0 Å². The molecule has 62 valence electrons. The number of epoxide rings is 1. The van der Waals surface area contributed by atoms with Crippen molar-refractivity contribution in [3.8, 4) is 0 Å². The Morgan fingerprint density at radius 3 is 2.09 bits per heavy atom. The summed E-state index contributed by atoms with van der Waals surface area (Å²) in [4.78, 5) is 0. The molecule has 0 radical (unpaired) electrons. The molecule has 0 aromatic rings.